The van der Waals surface area contributed by atoms with Gasteiger partial charge in [0.2, 0.25) is 5.95 Å². The summed E-state index contributed by atoms with van der Waals surface area (Å²) in [6, 6.07) is 12.6. The first-order chi connectivity index (χ1) is 19.3. The molecule has 6 rings (SSSR count). The Labute approximate surface area is 228 Å². The van der Waals surface area contributed by atoms with Crippen molar-refractivity contribution in [3.05, 3.63) is 77.2 Å². The Bertz CT molecular complexity index is 1520. The lowest BCUT2D eigenvalue weighted by Crippen LogP contribution is -2.49. The van der Waals surface area contributed by atoms with Gasteiger partial charge in [-0.25, -0.2) is 9.37 Å². The number of fused-ring (bicyclic) bond motifs is 1. The predicted molar refractivity (Wildman–Crippen MR) is 142 cm³/mol. The maximum atomic E-state index is 13.5. The fraction of sp³-hybridized carbons (Fsp3) is 0.379. The van der Waals surface area contributed by atoms with Crippen molar-refractivity contribution in [1.29, 1.82) is 0 Å². The molecular formula is C29H28F4N6O. The second-order valence-corrected chi connectivity index (χ2v) is 10.4. The number of nitrogens with zero attached hydrogens (tertiary/aromatic N) is 6. The van der Waals surface area contributed by atoms with E-state index >= 15 is 0 Å². The molecule has 40 heavy (non-hydrogen) atoms. The van der Waals surface area contributed by atoms with Gasteiger partial charge in [0, 0.05) is 37.9 Å². The van der Waals surface area contributed by atoms with Gasteiger partial charge in [-0.2, -0.15) is 22.7 Å². The monoisotopic (exact) mass is 552 g/mol. The van der Waals surface area contributed by atoms with Crippen LogP contribution in [0.5, 0.6) is 0 Å². The van der Waals surface area contributed by atoms with Gasteiger partial charge >= 0.3 is 6.18 Å². The molecule has 3 heterocycles. The minimum Gasteiger partial charge on any atom is -0.336 e. The molecule has 11 heteroatoms. The van der Waals surface area contributed by atoms with Gasteiger partial charge in [-0.1, -0.05) is 43.5 Å². The highest BCUT2D eigenvalue weighted by molar-refractivity contribution is 5.96. The van der Waals surface area contributed by atoms with Crippen molar-refractivity contribution < 1.29 is 22.4 Å². The van der Waals surface area contributed by atoms with Crippen LogP contribution in [0.15, 0.2) is 54.7 Å². The summed E-state index contributed by atoms with van der Waals surface area (Å²) < 4.78 is 55.5. The van der Waals surface area contributed by atoms with Crippen molar-refractivity contribution in [2.75, 3.05) is 31.1 Å². The quantitative estimate of drug-likeness (QED) is 0.293. The number of hydrogen-bond acceptors (Lipinski definition) is 5. The van der Waals surface area contributed by atoms with Gasteiger partial charge in [-0.3, -0.25) is 4.79 Å². The summed E-state index contributed by atoms with van der Waals surface area (Å²) in [5, 5.41) is 4.68. The predicted octanol–water partition coefficient (Wildman–Crippen LogP) is 5.96. The van der Waals surface area contributed by atoms with E-state index in [4.69, 9.17) is 0 Å². The maximum Gasteiger partial charge on any atom is 0.417 e. The van der Waals surface area contributed by atoms with Crippen LogP contribution in [0, 0.1) is 5.82 Å². The zero-order chi connectivity index (χ0) is 27.9. The smallest absolute Gasteiger partial charge is 0.336 e. The average Bonchev–Trinajstić information content (AvgIpc) is 3.42. The summed E-state index contributed by atoms with van der Waals surface area (Å²) in [7, 11) is 0. The van der Waals surface area contributed by atoms with Gasteiger partial charge in [0.25, 0.3) is 11.7 Å². The first-order valence-electron chi connectivity index (χ1n) is 13.5. The van der Waals surface area contributed by atoms with Gasteiger partial charge < -0.3 is 9.80 Å². The molecule has 0 radical (unpaired) electrons. The number of piperazine rings is 1. The maximum absolute atomic E-state index is 13.5. The molecule has 1 aliphatic carbocycles. The normalized spacial score (nSPS) is 17.0. The van der Waals surface area contributed by atoms with E-state index in [1.54, 1.807) is 10.7 Å². The standard InChI is InChI=1S/C29H28F4N6O/c30-22-10-11-23(24(18-22)29(31,32)33)26(40)37-14-16-38(17-15-37)28-35-27-34-13-12-25(39(27)36-28)21-8-6-20(7-9-21)19-4-2-1-3-5-19/h6-13,18-19H,1-5,14-17H2. The molecule has 7 nitrogen and oxygen atoms in total. The highest BCUT2D eigenvalue weighted by atomic mass is 19.4. The second kappa shape index (κ2) is 10.5. The van der Waals surface area contributed by atoms with Gasteiger partial charge in [0.15, 0.2) is 0 Å². The summed E-state index contributed by atoms with van der Waals surface area (Å²) >= 11 is 0. The van der Waals surface area contributed by atoms with Crippen molar-refractivity contribution in [3.8, 4) is 11.3 Å². The molecule has 2 aromatic heterocycles. The molecule has 2 aromatic carbocycles. The third-order valence-corrected chi connectivity index (χ3v) is 7.88. The van der Waals surface area contributed by atoms with Gasteiger partial charge in [0.05, 0.1) is 16.8 Å². The number of hydrogen-bond donors (Lipinski definition) is 0. The third kappa shape index (κ3) is 5.12. The Morgan fingerprint density at radius 2 is 1.62 bits per heavy atom. The zero-order valence-electron chi connectivity index (χ0n) is 21.7. The van der Waals surface area contributed by atoms with Crippen LogP contribution in [0.4, 0.5) is 23.5 Å². The molecule has 1 saturated heterocycles. The van der Waals surface area contributed by atoms with E-state index in [0.29, 0.717) is 36.8 Å². The van der Waals surface area contributed by atoms with Crippen LogP contribution in [0.25, 0.3) is 17.0 Å². The Morgan fingerprint density at radius 3 is 2.33 bits per heavy atom. The number of alkyl halides is 3. The summed E-state index contributed by atoms with van der Waals surface area (Å²) in [6.45, 7) is 1.01. The lowest BCUT2D eigenvalue weighted by molar-refractivity contribution is -0.138. The lowest BCUT2D eigenvalue weighted by Gasteiger charge is -2.34. The molecule has 0 unspecified atom stereocenters. The molecule has 1 saturated carbocycles. The van der Waals surface area contributed by atoms with E-state index in [9.17, 15) is 22.4 Å². The van der Waals surface area contributed by atoms with Crippen LogP contribution < -0.4 is 4.90 Å². The molecular weight excluding hydrogens is 524 g/mol. The van der Waals surface area contributed by atoms with Crippen LogP contribution in [0.3, 0.4) is 0 Å². The number of anilines is 1. The number of benzene rings is 2. The van der Waals surface area contributed by atoms with Crippen LogP contribution in [0.1, 0.15) is 59.5 Å². The lowest BCUT2D eigenvalue weighted by atomic mass is 9.84. The van der Waals surface area contributed by atoms with E-state index in [-0.39, 0.29) is 13.1 Å². The molecule has 0 bridgehead atoms. The molecule has 0 N–H and O–H groups in total. The first kappa shape index (κ1) is 26.2. The average molecular weight is 553 g/mol. The fourth-order valence-electron chi connectivity index (χ4n) is 5.72. The molecule has 2 aliphatic rings. The van der Waals surface area contributed by atoms with Crippen LogP contribution in [-0.2, 0) is 6.18 Å². The molecule has 2 fully saturated rings. The van der Waals surface area contributed by atoms with Crippen molar-refractivity contribution in [2.45, 2.75) is 44.2 Å². The summed E-state index contributed by atoms with van der Waals surface area (Å²) in [5.74, 6) is -0.339. The summed E-state index contributed by atoms with van der Waals surface area (Å²) in [6.07, 6.45) is 3.20. The minimum absolute atomic E-state index is 0.173. The van der Waals surface area contributed by atoms with E-state index in [0.717, 1.165) is 23.4 Å². The van der Waals surface area contributed by atoms with Gasteiger partial charge in [-0.15, -0.1) is 5.10 Å². The minimum atomic E-state index is -4.84. The Hall–Kier alpha value is -4.02. The number of halogens is 4. The van der Waals surface area contributed by atoms with Crippen LogP contribution in [-0.4, -0.2) is 56.6 Å². The Kier molecular flexibility index (Phi) is 6.89. The number of carbonyl (C=O) groups excluding carboxylic acids is 1. The Morgan fingerprint density at radius 1 is 0.900 bits per heavy atom. The van der Waals surface area contributed by atoms with Gasteiger partial charge in [0.1, 0.15) is 5.82 Å². The fourth-order valence-corrected chi connectivity index (χ4v) is 5.72. The number of rotatable bonds is 4. The summed E-state index contributed by atoms with van der Waals surface area (Å²) in [5.41, 5.74) is 1.38. The highest BCUT2D eigenvalue weighted by Crippen LogP contribution is 2.35. The van der Waals surface area contributed by atoms with Crippen molar-refractivity contribution in [2.24, 2.45) is 0 Å². The summed E-state index contributed by atoms with van der Waals surface area (Å²) in [4.78, 5) is 25.1. The molecule has 208 valence electrons. The first-order valence-corrected chi connectivity index (χ1v) is 13.5. The molecule has 1 amide bonds. The largest absolute Gasteiger partial charge is 0.417 e. The number of amides is 1. The van der Waals surface area contributed by atoms with Crippen molar-refractivity contribution in [3.63, 3.8) is 0 Å². The molecule has 1 aliphatic heterocycles. The van der Waals surface area contributed by atoms with Crippen LogP contribution in [0.2, 0.25) is 0 Å². The topological polar surface area (TPSA) is 66.6 Å². The highest BCUT2D eigenvalue weighted by Gasteiger charge is 2.37. The second-order valence-electron chi connectivity index (χ2n) is 10.4. The molecule has 0 spiro atoms. The SMILES string of the molecule is O=C(c1ccc(F)cc1C(F)(F)F)N1CCN(c2nc3nccc(-c4ccc(C5CCCCC5)cc4)n3n2)CC1. The molecule has 4 aromatic rings. The van der Waals surface area contributed by atoms with Crippen molar-refractivity contribution >= 4 is 17.6 Å². The molecule has 0 atom stereocenters. The third-order valence-electron chi connectivity index (χ3n) is 7.88. The van der Waals surface area contributed by atoms with Gasteiger partial charge in [-0.05, 0) is 48.6 Å². The van der Waals surface area contributed by atoms with E-state index in [2.05, 4.69) is 39.3 Å². The Balaban J connectivity index is 1.18. The van der Waals surface area contributed by atoms with E-state index in [1.165, 1.54) is 42.6 Å². The van der Waals surface area contributed by atoms with E-state index in [1.807, 2.05) is 11.0 Å². The number of carbonyl (C=O) groups is 1. The van der Waals surface area contributed by atoms with E-state index < -0.39 is 29.0 Å². The van der Waals surface area contributed by atoms with Crippen molar-refractivity contribution in [1.82, 2.24) is 24.5 Å². The zero-order valence-corrected chi connectivity index (χ0v) is 21.7. The van der Waals surface area contributed by atoms with Crippen LogP contribution >= 0.6 is 0 Å². The number of aromatic nitrogens is 4.